The molecule has 0 aromatic carbocycles. The second-order valence-corrected chi connectivity index (χ2v) is 6.66. The largest absolute Gasteiger partial charge is 0.480 e. The Hall–Kier alpha value is -1.15. The third kappa shape index (κ3) is 3.44. The average molecular weight is 290 g/mol. The molecular formula is C11H18N2O5S. The minimum Gasteiger partial charge on any atom is -0.480 e. The van der Waals surface area contributed by atoms with Gasteiger partial charge in [-0.2, -0.15) is 0 Å². The van der Waals surface area contributed by atoms with Crippen molar-refractivity contribution in [3.8, 4) is 0 Å². The smallest absolute Gasteiger partial charge is 0.326 e. The standard InChI is InChI=1S/C11H18N2O5S/c14-8-5-9(10(15)16)13(6-8)11(17)12-7-1-3-19(18)4-2-7/h7-9,14H,1-6H2,(H,12,17)(H,15,16)/t7?,8-,9-,19?/m0/s1. The molecule has 0 saturated carbocycles. The van der Waals surface area contributed by atoms with Crippen LogP contribution in [-0.4, -0.2) is 67.6 Å². The lowest BCUT2D eigenvalue weighted by Crippen LogP contribution is -2.50. The number of carboxylic acids is 1. The van der Waals surface area contributed by atoms with Crippen LogP contribution in [0.2, 0.25) is 0 Å². The van der Waals surface area contributed by atoms with E-state index in [1.165, 1.54) is 4.90 Å². The molecule has 0 aromatic heterocycles. The molecule has 0 aromatic rings. The van der Waals surface area contributed by atoms with Gasteiger partial charge in [0.1, 0.15) is 6.04 Å². The van der Waals surface area contributed by atoms with Crippen molar-refractivity contribution in [2.45, 2.75) is 37.5 Å². The first-order valence-electron chi connectivity index (χ1n) is 6.30. The summed E-state index contributed by atoms with van der Waals surface area (Å²) in [6, 6.07) is -1.48. The summed E-state index contributed by atoms with van der Waals surface area (Å²) in [6.07, 6.45) is 0.571. The summed E-state index contributed by atoms with van der Waals surface area (Å²) in [6.45, 7) is 0.0431. The van der Waals surface area contributed by atoms with Crippen molar-refractivity contribution in [1.82, 2.24) is 10.2 Å². The topological polar surface area (TPSA) is 107 Å². The molecule has 2 heterocycles. The van der Waals surface area contributed by atoms with Gasteiger partial charge < -0.3 is 20.4 Å². The highest BCUT2D eigenvalue weighted by molar-refractivity contribution is 7.85. The molecule has 7 nitrogen and oxygen atoms in total. The normalized spacial score (nSPS) is 35.1. The lowest BCUT2D eigenvalue weighted by Gasteiger charge is -2.27. The van der Waals surface area contributed by atoms with Crippen LogP contribution >= 0.6 is 0 Å². The molecule has 0 unspecified atom stereocenters. The van der Waals surface area contributed by atoms with Gasteiger partial charge in [-0.3, -0.25) is 4.21 Å². The third-order valence-corrected chi connectivity index (χ3v) is 4.92. The summed E-state index contributed by atoms with van der Waals surface area (Å²) in [5.74, 6) is 0.0303. The quantitative estimate of drug-likeness (QED) is 0.612. The fourth-order valence-electron chi connectivity index (χ4n) is 2.47. The molecule has 3 N–H and O–H groups in total. The molecule has 8 heteroatoms. The molecule has 2 aliphatic heterocycles. The second kappa shape index (κ2) is 5.87. The molecule has 2 atom stereocenters. The summed E-state index contributed by atoms with van der Waals surface area (Å²) in [5, 5.41) is 21.3. The SMILES string of the molecule is O=C(O)[C@@H]1C[C@H](O)CN1C(=O)NC1CCS(=O)CC1. The van der Waals surface area contributed by atoms with E-state index in [9.17, 15) is 18.9 Å². The number of aliphatic hydroxyl groups is 1. The molecule has 0 radical (unpaired) electrons. The van der Waals surface area contributed by atoms with Gasteiger partial charge in [0.15, 0.2) is 0 Å². The van der Waals surface area contributed by atoms with Crippen LogP contribution in [0, 0.1) is 0 Å². The molecule has 0 aliphatic carbocycles. The number of hydrogen-bond acceptors (Lipinski definition) is 4. The highest BCUT2D eigenvalue weighted by Crippen LogP contribution is 2.19. The first kappa shape index (κ1) is 14.3. The number of carbonyl (C=O) groups is 2. The van der Waals surface area contributed by atoms with Gasteiger partial charge in [0.25, 0.3) is 0 Å². The number of carboxylic acid groups (broad SMARTS) is 1. The molecule has 2 saturated heterocycles. The Morgan fingerprint density at radius 1 is 1.26 bits per heavy atom. The van der Waals surface area contributed by atoms with Crippen LogP contribution in [-0.2, 0) is 15.6 Å². The molecular weight excluding hydrogens is 272 g/mol. The Balaban J connectivity index is 1.91. The number of nitrogens with zero attached hydrogens (tertiary/aromatic N) is 1. The Morgan fingerprint density at radius 2 is 1.89 bits per heavy atom. The highest BCUT2D eigenvalue weighted by Gasteiger charge is 2.39. The van der Waals surface area contributed by atoms with Crippen LogP contribution in [0.15, 0.2) is 0 Å². The highest BCUT2D eigenvalue weighted by atomic mass is 32.2. The van der Waals surface area contributed by atoms with Gasteiger partial charge in [-0.1, -0.05) is 0 Å². The van der Waals surface area contributed by atoms with Crippen LogP contribution < -0.4 is 5.32 Å². The van der Waals surface area contributed by atoms with Gasteiger partial charge in [0.2, 0.25) is 0 Å². The van der Waals surface area contributed by atoms with E-state index >= 15 is 0 Å². The van der Waals surface area contributed by atoms with Gasteiger partial charge in [-0.15, -0.1) is 0 Å². The van der Waals surface area contributed by atoms with Crippen molar-refractivity contribution in [3.05, 3.63) is 0 Å². The Bertz CT molecular complexity index is 393. The molecule has 2 rings (SSSR count). The zero-order chi connectivity index (χ0) is 14.0. The number of urea groups is 1. The van der Waals surface area contributed by atoms with Crippen LogP contribution in [0.1, 0.15) is 19.3 Å². The van der Waals surface area contributed by atoms with E-state index in [1.807, 2.05) is 0 Å². The Morgan fingerprint density at radius 3 is 2.47 bits per heavy atom. The van der Waals surface area contributed by atoms with E-state index in [0.29, 0.717) is 24.3 Å². The number of carbonyl (C=O) groups excluding carboxylic acids is 1. The monoisotopic (exact) mass is 290 g/mol. The number of likely N-dealkylation sites (tertiary alicyclic amines) is 1. The van der Waals surface area contributed by atoms with Crippen molar-refractivity contribution in [1.29, 1.82) is 0 Å². The fourth-order valence-corrected chi connectivity index (χ4v) is 3.77. The molecule has 0 bridgehead atoms. The first-order valence-corrected chi connectivity index (χ1v) is 7.79. The maximum atomic E-state index is 12.0. The average Bonchev–Trinajstić information content (AvgIpc) is 2.74. The van der Waals surface area contributed by atoms with Crippen LogP contribution in [0.25, 0.3) is 0 Å². The predicted octanol–water partition coefficient (Wildman–Crippen LogP) is -0.873. The molecule has 108 valence electrons. The van der Waals surface area contributed by atoms with E-state index in [2.05, 4.69) is 5.32 Å². The summed E-state index contributed by atoms with van der Waals surface area (Å²) in [7, 11) is -0.797. The summed E-state index contributed by atoms with van der Waals surface area (Å²) < 4.78 is 11.2. The number of hydrogen-bond donors (Lipinski definition) is 3. The maximum Gasteiger partial charge on any atom is 0.326 e. The number of aliphatic carboxylic acids is 1. The van der Waals surface area contributed by atoms with Crippen LogP contribution in [0.3, 0.4) is 0 Å². The van der Waals surface area contributed by atoms with E-state index in [4.69, 9.17) is 5.11 Å². The van der Waals surface area contributed by atoms with E-state index < -0.39 is 34.9 Å². The van der Waals surface area contributed by atoms with E-state index in [1.54, 1.807) is 0 Å². The number of nitrogens with one attached hydrogen (secondary N) is 1. The molecule has 2 amide bonds. The first-order chi connectivity index (χ1) is 8.97. The Labute approximate surface area is 113 Å². The minimum absolute atomic E-state index is 0.0431. The summed E-state index contributed by atoms with van der Waals surface area (Å²) >= 11 is 0. The van der Waals surface area contributed by atoms with Gasteiger partial charge in [-0.05, 0) is 12.8 Å². The second-order valence-electron chi connectivity index (χ2n) is 4.97. The maximum absolute atomic E-state index is 12.0. The van der Waals surface area contributed by atoms with E-state index in [0.717, 1.165) is 0 Å². The third-order valence-electron chi connectivity index (χ3n) is 3.54. The molecule has 2 fully saturated rings. The molecule has 19 heavy (non-hydrogen) atoms. The van der Waals surface area contributed by atoms with Gasteiger partial charge in [0, 0.05) is 41.3 Å². The fraction of sp³-hybridized carbons (Fsp3) is 0.818. The number of rotatable bonds is 2. The van der Waals surface area contributed by atoms with Gasteiger partial charge in [0.05, 0.1) is 6.10 Å². The van der Waals surface area contributed by atoms with Gasteiger partial charge >= 0.3 is 12.0 Å². The van der Waals surface area contributed by atoms with Crippen LogP contribution in [0.4, 0.5) is 4.79 Å². The van der Waals surface area contributed by atoms with Crippen molar-refractivity contribution in [2.75, 3.05) is 18.1 Å². The van der Waals surface area contributed by atoms with Gasteiger partial charge in [-0.25, -0.2) is 9.59 Å². The Kier molecular flexibility index (Phi) is 4.41. The van der Waals surface area contributed by atoms with Crippen LogP contribution in [0.5, 0.6) is 0 Å². The molecule has 2 aliphatic rings. The minimum atomic E-state index is -1.10. The number of β-amino-alcohol motifs (C(OH)–C–C–N with tert-alkyl or cyclic N) is 1. The zero-order valence-corrected chi connectivity index (χ0v) is 11.3. The summed E-state index contributed by atoms with van der Waals surface area (Å²) in [4.78, 5) is 24.2. The van der Waals surface area contributed by atoms with E-state index in [-0.39, 0.29) is 19.0 Å². The lowest BCUT2D eigenvalue weighted by molar-refractivity contribution is -0.141. The number of aliphatic hydroxyl groups excluding tert-OH is 1. The van der Waals surface area contributed by atoms with Crippen molar-refractivity contribution in [3.63, 3.8) is 0 Å². The summed E-state index contributed by atoms with van der Waals surface area (Å²) in [5.41, 5.74) is 0. The van der Waals surface area contributed by atoms with Crippen molar-refractivity contribution < 1.29 is 24.0 Å². The lowest BCUT2D eigenvalue weighted by atomic mass is 10.1. The zero-order valence-electron chi connectivity index (χ0n) is 10.4. The number of amides is 2. The predicted molar refractivity (Wildman–Crippen MR) is 68.2 cm³/mol. The molecule has 0 spiro atoms. The van der Waals surface area contributed by atoms with Crippen molar-refractivity contribution in [2.24, 2.45) is 0 Å². The van der Waals surface area contributed by atoms with Crippen molar-refractivity contribution >= 4 is 22.8 Å².